The Morgan fingerprint density at radius 1 is 1.20 bits per heavy atom. The predicted octanol–water partition coefficient (Wildman–Crippen LogP) is 4.12. The van der Waals surface area contributed by atoms with Gasteiger partial charge in [-0.15, -0.1) is 10.2 Å². The molecule has 1 fully saturated rings. The van der Waals surface area contributed by atoms with Gasteiger partial charge in [0, 0.05) is 31.2 Å². The number of nitrogens with one attached hydrogen (secondary N) is 1. The van der Waals surface area contributed by atoms with Gasteiger partial charge in [0.05, 0.1) is 5.69 Å². The van der Waals surface area contributed by atoms with Gasteiger partial charge >= 0.3 is 0 Å². The number of hydrogen-bond donors (Lipinski definition) is 1. The van der Waals surface area contributed by atoms with Gasteiger partial charge in [0.15, 0.2) is 5.82 Å². The maximum atomic E-state index is 13.4. The Hall–Kier alpha value is -2.01. The van der Waals surface area contributed by atoms with Crippen LogP contribution in [-0.2, 0) is 0 Å². The van der Waals surface area contributed by atoms with Crippen LogP contribution in [0.3, 0.4) is 0 Å². The topological polar surface area (TPSA) is 41.1 Å². The molecule has 0 saturated carbocycles. The highest BCUT2D eigenvalue weighted by atomic mass is 19.1. The van der Waals surface area contributed by atoms with Crippen molar-refractivity contribution >= 4 is 5.82 Å². The second-order valence-electron chi connectivity index (χ2n) is 7.38. The van der Waals surface area contributed by atoms with E-state index in [1.165, 1.54) is 18.7 Å². The highest BCUT2D eigenvalue weighted by Gasteiger charge is 2.20. The number of likely N-dealkylation sites (tertiary alicyclic amines) is 1. The van der Waals surface area contributed by atoms with Crippen LogP contribution in [0.5, 0.6) is 0 Å². The molecule has 0 radical (unpaired) electrons. The molecule has 4 nitrogen and oxygen atoms in total. The summed E-state index contributed by atoms with van der Waals surface area (Å²) in [4.78, 5) is 2.54. The molecule has 0 atom stereocenters. The van der Waals surface area contributed by atoms with Gasteiger partial charge in [0.25, 0.3) is 0 Å². The largest absolute Gasteiger partial charge is 0.366 e. The Kier molecular flexibility index (Phi) is 5.63. The summed E-state index contributed by atoms with van der Waals surface area (Å²) >= 11 is 0. The summed E-state index contributed by atoms with van der Waals surface area (Å²) < 4.78 is 13.4. The Bertz CT molecular complexity index is 709. The average molecular weight is 342 g/mol. The predicted molar refractivity (Wildman–Crippen MR) is 100 cm³/mol. The second kappa shape index (κ2) is 7.91. The van der Waals surface area contributed by atoms with E-state index < -0.39 is 0 Å². The van der Waals surface area contributed by atoms with Gasteiger partial charge in [-0.3, -0.25) is 0 Å². The van der Waals surface area contributed by atoms with Gasteiger partial charge < -0.3 is 10.2 Å². The molecular weight excluding hydrogens is 315 g/mol. The first-order valence-electron chi connectivity index (χ1n) is 9.10. The zero-order valence-electron chi connectivity index (χ0n) is 15.3. The zero-order chi connectivity index (χ0) is 17.8. The van der Waals surface area contributed by atoms with Crippen LogP contribution in [-0.4, -0.2) is 40.8 Å². The first kappa shape index (κ1) is 17.8. The lowest BCUT2D eigenvalue weighted by molar-refractivity contribution is 0.198. The van der Waals surface area contributed by atoms with E-state index in [0.29, 0.717) is 17.7 Å². The molecule has 0 aliphatic carbocycles. The fraction of sp³-hybridized carbons (Fsp3) is 0.500. The molecular formula is C20H27FN4. The first-order chi connectivity index (χ1) is 12.0. The van der Waals surface area contributed by atoms with Crippen LogP contribution in [0, 0.1) is 18.7 Å². The first-order valence-corrected chi connectivity index (χ1v) is 9.10. The third-order valence-corrected chi connectivity index (χ3v) is 4.66. The molecule has 0 bridgehead atoms. The molecule has 1 saturated heterocycles. The summed E-state index contributed by atoms with van der Waals surface area (Å²) in [6.45, 7) is 9.99. The van der Waals surface area contributed by atoms with Crippen LogP contribution in [0.4, 0.5) is 10.2 Å². The van der Waals surface area contributed by atoms with E-state index in [-0.39, 0.29) is 5.82 Å². The fourth-order valence-electron chi connectivity index (χ4n) is 3.39. The SMILES string of the molecule is Cc1cc(-c2cccc(F)c2)nnc1NC1CCN(CC(C)C)CC1. The lowest BCUT2D eigenvalue weighted by atomic mass is 10.0. The van der Waals surface area contributed by atoms with Crippen molar-refractivity contribution in [2.75, 3.05) is 25.0 Å². The third kappa shape index (κ3) is 4.75. The van der Waals surface area contributed by atoms with E-state index in [1.807, 2.05) is 19.1 Å². The van der Waals surface area contributed by atoms with Crippen molar-refractivity contribution in [1.29, 1.82) is 0 Å². The van der Waals surface area contributed by atoms with Crippen LogP contribution in [0.25, 0.3) is 11.3 Å². The molecule has 1 N–H and O–H groups in total. The van der Waals surface area contributed by atoms with Gasteiger partial charge in [-0.25, -0.2) is 4.39 Å². The minimum Gasteiger partial charge on any atom is -0.366 e. The van der Waals surface area contributed by atoms with Crippen LogP contribution in [0.1, 0.15) is 32.3 Å². The van der Waals surface area contributed by atoms with E-state index in [9.17, 15) is 4.39 Å². The van der Waals surface area contributed by atoms with Crippen molar-refractivity contribution < 1.29 is 4.39 Å². The maximum Gasteiger partial charge on any atom is 0.151 e. The highest BCUT2D eigenvalue weighted by Crippen LogP contribution is 2.23. The van der Waals surface area contributed by atoms with Gasteiger partial charge in [-0.05, 0) is 49.4 Å². The number of hydrogen-bond acceptors (Lipinski definition) is 4. The molecule has 1 aromatic heterocycles. The van der Waals surface area contributed by atoms with Crippen LogP contribution < -0.4 is 5.32 Å². The molecule has 1 aliphatic rings. The number of benzene rings is 1. The van der Waals surface area contributed by atoms with Crippen molar-refractivity contribution in [2.45, 2.75) is 39.7 Å². The normalized spacial score (nSPS) is 16.4. The molecule has 5 heteroatoms. The van der Waals surface area contributed by atoms with Gasteiger partial charge in [-0.1, -0.05) is 26.0 Å². The molecule has 3 rings (SSSR count). The Morgan fingerprint density at radius 2 is 1.96 bits per heavy atom. The molecule has 0 amide bonds. The number of piperidine rings is 1. The molecule has 2 heterocycles. The lowest BCUT2D eigenvalue weighted by Gasteiger charge is -2.33. The molecule has 1 aromatic carbocycles. The summed E-state index contributed by atoms with van der Waals surface area (Å²) in [5, 5.41) is 12.2. The van der Waals surface area contributed by atoms with E-state index in [4.69, 9.17) is 0 Å². The summed E-state index contributed by atoms with van der Waals surface area (Å²) in [6, 6.07) is 8.88. The molecule has 0 unspecified atom stereocenters. The summed E-state index contributed by atoms with van der Waals surface area (Å²) in [7, 11) is 0. The molecule has 0 spiro atoms. The molecule has 134 valence electrons. The number of anilines is 1. The number of nitrogens with zero attached hydrogens (tertiary/aromatic N) is 3. The van der Waals surface area contributed by atoms with Gasteiger partial charge in [0.2, 0.25) is 0 Å². The smallest absolute Gasteiger partial charge is 0.151 e. The van der Waals surface area contributed by atoms with Gasteiger partial charge in [-0.2, -0.15) is 0 Å². The van der Waals surface area contributed by atoms with E-state index in [0.717, 1.165) is 42.9 Å². The van der Waals surface area contributed by atoms with Crippen molar-refractivity contribution in [3.63, 3.8) is 0 Å². The molecule has 25 heavy (non-hydrogen) atoms. The number of rotatable bonds is 5. The summed E-state index contributed by atoms with van der Waals surface area (Å²) in [5.74, 6) is 1.29. The van der Waals surface area contributed by atoms with Crippen LogP contribution in [0.15, 0.2) is 30.3 Å². The number of aryl methyl sites for hydroxylation is 1. The van der Waals surface area contributed by atoms with Crippen LogP contribution >= 0.6 is 0 Å². The summed E-state index contributed by atoms with van der Waals surface area (Å²) in [5.41, 5.74) is 2.50. The van der Waals surface area contributed by atoms with Crippen molar-refractivity contribution in [1.82, 2.24) is 15.1 Å². The van der Waals surface area contributed by atoms with Crippen molar-refractivity contribution in [3.05, 3.63) is 41.7 Å². The third-order valence-electron chi connectivity index (χ3n) is 4.66. The highest BCUT2D eigenvalue weighted by molar-refractivity contribution is 5.61. The molecule has 1 aliphatic heterocycles. The average Bonchev–Trinajstić information content (AvgIpc) is 2.58. The Labute approximate surface area is 149 Å². The lowest BCUT2D eigenvalue weighted by Crippen LogP contribution is -2.40. The quantitative estimate of drug-likeness (QED) is 0.887. The fourth-order valence-corrected chi connectivity index (χ4v) is 3.39. The summed E-state index contributed by atoms with van der Waals surface area (Å²) in [6.07, 6.45) is 2.25. The standard InChI is InChI=1S/C20H27FN4/c1-14(2)13-25-9-7-18(8-10-25)22-20-15(3)11-19(23-24-20)16-5-4-6-17(21)12-16/h4-6,11-12,14,18H,7-10,13H2,1-3H3,(H,22,24). The Balaban J connectivity index is 1.62. The monoisotopic (exact) mass is 342 g/mol. The van der Waals surface area contributed by atoms with E-state index in [2.05, 4.69) is 34.3 Å². The zero-order valence-corrected chi connectivity index (χ0v) is 15.3. The minimum absolute atomic E-state index is 0.257. The van der Waals surface area contributed by atoms with E-state index in [1.54, 1.807) is 6.07 Å². The minimum atomic E-state index is -0.257. The van der Waals surface area contributed by atoms with Crippen LogP contribution in [0.2, 0.25) is 0 Å². The van der Waals surface area contributed by atoms with E-state index >= 15 is 0 Å². The number of aromatic nitrogens is 2. The van der Waals surface area contributed by atoms with Crippen molar-refractivity contribution in [3.8, 4) is 11.3 Å². The van der Waals surface area contributed by atoms with Gasteiger partial charge in [0.1, 0.15) is 5.82 Å². The maximum absolute atomic E-state index is 13.4. The number of halogens is 1. The molecule has 2 aromatic rings. The Morgan fingerprint density at radius 3 is 2.60 bits per heavy atom. The van der Waals surface area contributed by atoms with Crippen molar-refractivity contribution in [2.24, 2.45) is 5.92 Å². The second-order valence-corrected chi connectivity index (χ2v) is 7.38.